The fourth-order valence-corrected chi connectivity index (χ4v) is 7.91. The molecule has 0 spiro atoms. The Kier molecular flexibility index (Phi) is 5.58. The van der Waals surface area contributed by atoms with Crippen molar-refractivity contribution in [2.45, 2.75) is 39.2 Å². The summed E-state index contributed by atoms with van der Waals surface area (Å²) in [7, 11) is 1.66. The Bertz CT molecular complexity index is 1110. The molecule has 2 aliphatic heterocycles. The van der Waals surface area contributed by atoms with E-state index in [0.29, 0.717) is 32.0 Å². The molecule has 3 amide bonds. The van der Waals surface area contributed by atoms with E-state index < -0.39 is 0 Å². The average molecular weight is 475 g/mol. The molecule has 0 aromatic heterocycles. The molecule has 2 heterocycles. The van der Waals surface area contributed by atoms with Crippen molar-refractivity contribution in [1.82, 2.24) is 9.80 Å². The van der Waals surface area contributed by atoms with Crippen LogP contribution in [0, 0.1) is 41.4 Å². The van der Waals surface area contributed by atoms with E-state index in [2.05, 4.69) is 18.2 Å². The van der Waals surface area contributed by atoms with E-state index in [0.717, 1.165) is 30.6 Å². The summed E-state index contributed by atoms with van der Waals surface area (Å²) >= 11 is 0. The molecule has 1 saturated heterocycles. The third-order valence-electron chi connectivity index (χ3n) is 9.42. The van der Waals surface area contributed by atoms with Gasteiger partial charge < -0.3 is 9.64 Å². The van der Waals surface area contributed by atoms with Crippen LogP contribution in [0.25, 0.3) is 0 Å². The van der Waals surface area contributed by atoms with Crippen molar-refractivity contribution >= 4 is 17.7 Å². The number of allylic oxidation sites excluding steroid dienone is 3. The monoisotopic (exact) mass is 474 g/mol. The van der Waals surface area contributed by atoms with Crippen LogP contribution in [-0.2, 0) is 20.9 Å². The Morgan fingerprint density at radius 2 is 1.77 bits per heavy atom. The minimum atomic E-state index is -0.230. The number of nitrogens with zero attached hydrogens (tertiary/aromatic N) is 2. The molecule has 2 saturated carbocycles. The van der Waals surface area contributed by atoms with Gasteiger partial charge in [-0.05, 0) is 74.0 Å². The minimum Gasteiger partial charge on any atom is -0.497 e. The summed E-state index contributed by atoms with van der Waals surface area (Å²) in [6.07, 6.45) is 10.3. The Morgan fingerprint density at radius 3 is 2.51 bits per heavy atom. The fourth-order valence-electron chi connectivity index (χ4n) is 7.91. The summed E-state index contributed by atoms with van der Waals surface area (Å²) in [6.45, 7) is 3.56. The van der Waals surface area contributed by atoms with E-state index in [-0.39, 0.29) is 53.2 Å². The van der Waals surface area contributed by atoms with Gasteiger partial charge in [0.05, 0.1) is 18.9 Å². The molecule has 1 aromatic carbocycles. The van der Waals surface area contributed by atoms with Crippen molar-refractivity contribution in [1.29, 1.82) is 0 Å². The third kappa shape index (κ3) is 3.47. The first-order valence-corrected chi connectivity index (χ1v) is 13.1. The van der Waals surface area contributed by atoms with Gasteiger partial charge in [-0.1, -0.05) is 35.9 Å². The lowest BCUT2D eigenvalue weighted by atomic mass is 9.59. The summed E-state index contributed by atoms with van der Waals surface area (Å²) in [5.41, 5.74) is 2.47. The van der Waals surface area contributed by atoms with E-state index in [1.165, 1.54) is 10.5 Å². The van der Waals surface area contributed by atoms with E-state index in [4.69, 9.17) is 4.74 Å². The van der Waals surface area contributed by atoms with Gasteiger partial charge in [-0.25, -0.2) is 0 Å². The quantitative estimate of drug-likeness (QED) is 0.492. The number of imide groups is 1. The van der Waals surface area contributed by atoms with Crippen LogP contribution in [0.3, 0.4) is 0 Å². The van der Waals surface area contributed by atoms with E-state index >= 15 is 0 Å². The van der Waals surface area contributed by atoms with Gasteiger partial charge in [-0.15, -0.1) is 0 Å². The van der Waals surface area contributed by atoms with Crippen molar-refractivity contribution in [3.05, 3.63) is 53.6 Å². The second kappa shape index (κ2) is 8.65. The Morgan fingerprint density at radius 1 is 0.971 bits per heavy atom. The molecular weight excluding hydrogens is 440 g/mol. The lowest BCUT2D eigenvalue weighted by Gasteiger charge is -2.43. The zero-order valence-electron chi connectivity index (χ0n) is 20.6. The second-order valence-electron chi connectivity index (χ2n) is 10.9. The van der Waals surface area contributed by atoms with Crippen LogP contribution < -0.4 is 4.74 Å². The molecule has 0 radical (unpaired) electrons. The summed E-state index contributed by atoms with van der Waals surface area (Å²) in [6, 6.07) is 7.93. The second-order valence-corrected chi connectivity index (χ2v) is 10.9. The summed E-state index contributed by atoms with van der Waals surface area (Å²) in [4.78, 5) is 43.7. The molecule has 0 N–H and O–H groups in total. The molecule has 7 atom stereocenters. The van der Waals surface area contributed by atoms with E-state index in [9.17, 15) is 14.4 Å². The van der Waals surface area contributed by atoms with Crippen LogP contribution in [-0.4, -0.2) is 47.7 Å². The molecular formula is C29H34N2O4. The van der Waals surface area contributed by atoms with Crippen LogP contribution >= 0.6 is 0 Å². The summed E-state index contributed by atoms with van der Waals surface area (Å²) in [5, 5.41) is 0. The number of fused-ring (bicyclic) bond motifs is 7. The maximum Gasteiger partial charge on any atom is 0.233 e. The van der Waals surface area contributed by atoms with Crippen LogP contribution in [0.2, 0.25) is 0 Å². The Labute approximate surface area is 207 Å². The molecule has 3 aliphatic carbocycles. The predicted octanol–water partition coefficient (Wildman–Crippen LogP) is 3.82. The number of amides is 3. The topological polar surface area (TPSA) is 66.9 Å². The van der Waals surface area contributed by atoms with Gasteiger partial charge >= 0.3 is 0 Å². The fraction of sp³-hybridized carbons (Fsp3) is 0.552. The highest BCUT2D eigenvalue weighted by atomic mass is 16.5. The van der Waals surface area contributed by atoms with Crippen molar-refractivity contribution in [3.63, 3.8) is 0 Å². The zero-order chi connectivity index (χ0) is 24.3. The first-order valence-electron chi connectivity index (χ1n) is 13.1. The number of carbonyl (C=O) groups is 3. The largest absolute Gasteiger partial charge is 0.497 e. The van der Waals surface area contributed by atoms with Gasteiger partial charge in [0.25, 0.3) is 0 Å². The van der Waals surface area contributed by atoms with Crippen LogP contribution in [0.4, 0.5) is 0 Å². The highest BCUT2D eigenvalue weighted by Crippen LogP contribution is 2.59. The normalized spacial score (nSPS) is 35.8. The first kappa shape index (κ1) is 22.6. The number of ether oxygens (including phenoxy) is 1. The maximum atomic E-state index is 13.9. The number of likely N-dealkylation sites (tertiary alicyclic amines) is 1. The number of carbonyl (C=O) groups excluding carboxylic acids is 3. The maximum absolute atomic E-state index is 13.9. The van der Waals surface area contributed by atoms with Gasteiger partial charge in [0.15, 0.2) is 0 Å². The molecule has 0 unspecified atom stereocenters. The van der Waals surface area contributed by atoms with Crippen LogP contribution in [0.5, 0.6) is 5.75 Å². The zero-order valence-corrected chi connectivity index (χ0v) is 20.6. The average Bonchev–Trinajstić information content (AvgIpc) is 3.31. The molecule has 35 heavy (non-hydrogen) atoms. The van der Waals surface area contributed by atoms with Crippen molar-refractivity contribution in [3.8, 4) is 5.75 Å². The number of hydrogen-bond donors (Lipinski definition) is 0. The minimum absolute atomic E-state index is 0.00813. The molecule has 184 valence electrons. The summed E-state index contributed by atoms with van der Waals surface area (Å²) in [5.74, 6) is 1.51. The molecule has 5 aliphatic rings. The van der Waals surface area contributed by atoms with Crippen molar-refractivity contribution < 1.29 is 19.1 Å². The van der Waals surface area contributed by atoms with Gasteiger partial charge in [0, 0.05) is 25.6 Å². The molecule has 6 nitrogen and oxygen atoms in total. The predicted molar refractivity (Wildman–Crippen MR) is 131 cm³/mol. The molecule has 6 heteroatoms. The molecule has 1 aromatic rings. The van der Waals surface area contributed by atoms with E-state index in [1.54, 1.807) is 7.11 Å². The lowest BCUT2D eigenvalue weighted by molar-refractivity contribution is -0.140. The SMILES string of the molecule is CCN1C(=O)[C@H]2[C@@H]3C(=CC[C@H]2C1=O)CC[C@@H]1[C@@H]3C[C@H]2C=CCN(Cc3ccc(OC)cc3)C(=O)[C@@H]12. The standard InChI is InChI=1S/C29H34N2O4/c1-3-31-27(32)22-13-9-18-8-12-21-23(24(18)26(22)29(31)34)15-19-5-4-14-30(28(33)25(19)21)16-17-6-10-20(35-2)11-7-17/h4-7,9-11,19,21-26H,3,8,12-16H2,1-2H3/t19-,21-,22-,23+,24-,25-,26-/m1/s1. The Hall–Kier alpha value is -2.89. The molecule has 6 rings (SSSR count). The highest BCUT2D eigenvalue weighted by molar-refractivity contribution is 6.05. The third-order valence-corrected chi connectivity index (χ3v) is 9.42. The molecule has 0 bridgehead atoms. The van der Waals surface area contributed by atoms with Crippen LogP contribution in [0.15, 0.2) is 48.1 Å². The van der Waals surface area contributed by atoms with E-state index in [1.807, 2.05) is 36.1 Å². The van der Waals surface area contributed by atoms with Crippen molar-refractivity contribution in [2.24, 2.45) is 41.4 Å². The summed E-state index contributed by atoms with van der Waals surface area (Å²) < 4.78 is 5.27. The number of hydrogen-bond acceptors (Lipinski definition) is 4. The Balaban J connectivity index is 1.27. The number of benzene rings is 1. The van der Waals surface area contributed by atoms with Gasteiger partial charge in [-0.2, -0.15) is 0 Å². The van der Waals surface area contributed by atoms with Gasteiger partial charge in [0.1, 0.15) is 5.75 Å². The smallest absolute Gasteiger partial charge is 0.233 e. The first-order chi connectivity index (χ1) is 17.0. The highest BCUT2D eigenvalue weighted by Gasteiger charge is 2.60. The molecule has 3 fully saturated rings. The van der Waals surface area contributed by atoms with Crippen LogP contribution in [0.1, 0.15) is 38.2 Å². The van der Waals surface area contributed by atoms with Gasteiger partial charge in [0.2, 0.25) is 17.7 Å². The number of methoxy groups -OCH3 is 1. The number of rotatable bonds is 4. The lowest BCUT2D eigenvalue weighted by Crippen LogP contribution is -2.43. The van der Waals surface area contributed by atoms with Crippen molar-refractivity contribution in [2.75, 3.05) is 20.2 Å². The van der Waals surface area contributed by atoms with Gasteiger partial charge in [-0.3, -0.25) is 19.3 Å².